The molecule has 0 aliphatic carbocycles. The molecule has 0 bridgehead atoms. The molecule has 0 aromatic carbocycles. The summed E-state index contributed by atoms with van der Waals surface area (Å²) < 4.78 is 5.98. The summed E-state index contributed by atoms with van der Waals surface area (Å²) in [5.74, 6) is 0.798. The fraction of sp³-hybridized carbons (Fsp3) is 0.600. The van der Waals surface area contributed by atoms with Gasteiger partial charge in [0, 0.05) is 19.9 Å². The predicted octanol–water partition coefficient (Wildman–Crippen LogP) is 2.75. The molecule has 1 heterocycles. The van der Waals surface area contributed by atoms with Crippen LogP contribution in [0.2, 0.25) is 5.28 Å². The van der Waals surface area contributed by atoms with Gasteiger partial charge in [0.2, 0.25) is 5.28 Å². The Morgan fingerprint density at radius 1 is 1.62 bits per heavy atom. The maximum absolute atomic E-state index is 5.80. The molecule has 1 atom stereocenters. The average Bonchev–Trinajstić information content (AvgIpc) is 2.24. The standard InChI is InChI=1S/C10H15BrClN3O/c1-4-15(7(2)6-16-3)9-8(11)5-13-10(12)14-9/h5,7H,4,6H2,1-3H3. The van der Waals surface area contributed by atoms with Crippen LogP contribution in [0, 0.1) is 0 Å². The Balaban J connectivity index is 2.98. The van der Waals surface area contributed by atoms with Crippen LogP contribution in [0.4, 0.5) is 5.82 Å². The summed E-state index contributed by atoms with van der Waals surface area (Å²) >= 11 is 9.22. The highest BCUT2D eigenvalue weighted by Crippen LogP contribution is 2.25. The number of nitrogens with zero attached hydrogens (tertiary/aromatic N) is 3. The number of aromatic nitrogens is 2. The Kier molecular flexibility index (Phi) is 5.44. The summed E-state index contributed by atoms with van der Waals surface area (Å²) in [6.07, 6.45) is 1.66. The second kappa shape index (κ2) is 6.37. The van der Waals surface area contributed by atoms with Crippen LogP contribution in [0.3, 0.4) is 0 Å². The van der Waals surface area contributed by atoms with Gasteiger partial charge in [0.15, 0.2) is 0 Å². The molecule has 1 aromatic rings. The molecule has 0 spiro atoms. The van der Waals surface area contributed by atoms with Crippen LogP contribution in [-0.2, 0) is 4.74 Å². The molecule has 4 nitrogen and oxygen atoms in total. The van der Waals surface area contributed by atoms with E-state index < -0.39 is 0 Å². The lowest BCUT2D eigenvalue weighted by Crippen LogP contribution is -2.37. The predicted molar refractivity (Wildman–Crippen MR) is 69.1 cm³/mol. The highest BCUT2D eigenvalue weighted by atomic mass is 79.9. The van der Waals surface area contributed by atoms with Crippen molar-refractivity contribution >= 4 is 33.3 Å². The Labute approximate surface area is 109 Å². The van der Waals surface area contributed by atoms with Crippen LogP contribution < -0.4 is 4.90 Å². The third-order valence-electron chi connectivity index (χ3n) is 2.25. The first kappa shape index (κ1) is 13.7. The van der Waals surface area contributed by atoms with E-state index >= 15 is 0 Å². The number of rotatable bonds is 5. The van der Waals surface area contributed by atoms with E-state index in [-0.39, 0.29) is 11.3 Å². The summed E-state index contributed by atoms with van der Waals surface area (Å²) in [6, 6.07) is 0.234. The monoisotopic (exact) mass is 307 g/mol. The molecule has 90 valence electrons. The zero-order chi connectivity index (χ0) is 12.1. The van der Waals surface area contributed by atoms with E-state index in [0.717, 1.165) is 16.8 Å². The van der Waals surface area contributed by atoms with E-state index in [1.165, 1.54) is 0 Å². The first-order valence-electron chi connectivity index (χ1n) is 5.03. The minimum absolute atomic E-state index is 0.234. The van der Waals surface area contributed by atoms with Crippen LogP contribution in [0.25, 0.3) is 0 Å². The molecule has 0 aliphatic rings. The summed E-state index contributed by atoms with van der Waals surface area (Å²) in [4.78, 5) is 10.2. The third-order valence-corrected chi connectivity index (χ3v) is 2.99. The van der Waals surface area contributed by atoms with Gasteiger partial charge in [-0.25, -0.2) is 4.98 Å². The van der Waals surface area contributed by atoms with E-state index in [9.17, 15) is 0 Å². The first-order chi connectivity index (χ1) is 7.60. The molecule has 0 radical (unpaired) electrons. The molecule has 1 aromatic heterocycles. The maximum atomic E-state index is 5.80. The number of hydrogen-bond acceptors (Lipinski definition) is 4. The highest BCUT2D eigenvalue weighted by Gasteiger charge is 2.17. The van der Waals surface area contributed by atoms with E-state index in [2.05, 4.69) is 44.6 Å². The van der Waals surface area contributed by atoms with Gasteiger partial charge in [-0.1, -0.05) is 0 Å². The minimum Gasteiger partial charge on any atom is -0.383 e. The number of anilines is 1. The van der Waals surface area contributed by atoms with Crippen molar-refractivity contribution in [1.82, 2.24) is 9.97 Å². The number of ether oxygens (including phenoxy) is 1. The van der Waals surface area contributed by atoms with E-state index in [1.807, 2.05) is 0 Å². The maximum Gasteiger partial charge on any atom is 0.224 e. The first-order valence-corrected chi connectivity index (χ1v) is 6.20. The zero-order valence-corrected chi connectivity index (χ0v) is 11.9. The Bertz CT molecular complexity index is 351. The number of methoxy groups -OCH3 is 1. The van der Waals surface area contributed by atoms with Crippen LogP contribution in [0.1, 0.15) is 13.8 Å². The third kappa shape index (κ3) is 3.30. The highest BCUT2D eigenvalue weighted by molar-refractivity contribution is 9.10. The quantitative estimate of drug-likeness (QED) is 0.784. The zero-order valence-electron chi connectivity index (χ0n) is 9.57. The largest absolute Gasteiger partial charge is 0.383 e. The molecule has 0 saturated carbocycles. The lowest BCUT2D eigenvalue weighted by molar-refractivity contribution is 0.181. The van der Waals surface area contributed by atoms with Gasteiger partial charge in [0.05, 0.1) is 17.1 Å². The van der Waals surface area contributed by atoms with Crippen LogP contribution in [0.5, 0.6) is 0 Å². The van der Waals surface area contributed by atoms with Crippen LogP contribution in [0.15, 0.2) is 10.7 Å². The Hall–Kier alpha value is -0.390. The average molecular weight is 309 g/mol. The van der Waals surface area contributed by atoms with Gasteiger partial charge in [-0.2, -0.15) is 4.98 Å². The van der Waals surface area contributed by atoms with Crippen molar-refractivity contribution in [3.05, 3.63) is 16.0 Å². The Morgan fingerprint density at radius 3 is 2.88 bits per heavy atom. The molecule has 6 heteroatoms. The SMILES string of the molecule is CCN(c1nc(Cl)ncc1Br)C(C)COC. The van der Waals surface area contributed by atoms with Gasteiger partial charge in [-0.15, -0.1) is 0 Å². The molecule has 0 fully saturated rings. The van der Waals surface area contributed by atoms with Crippen molar-refractivity contribution in [2.45, 2.75) is 19.9 Å². The molecular formula is C10H15BrClN3O. The van der Waals surface area contributed by atoms with Gasteiger partial charge in [-0.05, 0) is 41.4 Å². The molecule has 16 heavy (non-hydrogen) atoms. The van der Waals surface area contributed by atoms with Crippen molar-refractivity contribution in [1.29, 1.82) is 0 Å². The van der Waals surface area contributed by atoms with E-state index in [4.69, 9.17) is 16.3 Å². The van der Waals surface area contributed by atoms with E-state index in [1.54, 1.807) is 13.3 Å². The molecule has 0 aliphatic heterocycles. The van der Waals surface area contributed by atoms with Gasteiger partial charge in [0.1, 0.15) is 5.82 Å². The topological polar surface area (TPSA) is 38.2 Å². The fourth-order valence-corrected chi connectivity index (χ4v) is 2.09. The second-order valence-corrected chi connectivity index (χ2v) is 4.59. The molecule has 0 amide bonds. The molecule has 1 unspecified atom stereocenters. The lowest BCUT2D eigenvalue weighted by Gasteiger charge is -2.29. The van der Waals surface area contributed by atoms with Crippen molar-refractivity contribution in [3.8, 4) is 0 Å². The Morgan fingerprint density at radius 2 is 2.31 bits per heavy atom. The second-order valence-electron chi connectivity index (χ2n) is 3.40. The molecular weight excluding hydrogens is 293 g/mol. The van der Waals surface area contributed by atoms with Crippen molar-refractivity contribution < 1.29 is 4.74 Å². The minimum atomic E-state index is 0.234. The van der Waals surface area contributed by atoms with Gasteiger partial charge >= 0.3 is 0 Å². The van der Waals surface area contributed by atoms with Crippen molar-refractivity contribution in [2.24, 2.45) is 0 Å². The molecule has 0 N–H and O–H groups in total. The van der Waals surface area contributed by atoms with Gasteiger partial charge in [0.25, 0.3) is 0 Å². The number of hydrogen-bond donors (Lipinski definition) is 0. The summed E-state index contributed by atoms with van der Waals surface area (Å²) in [6.45, 7) is 5.61. The van der Waals surface area contributed by atoms with Crippen LogP contribution >= 0.6 is 27.5 Å². The number of halogens is 2. The van der Waals surface area contributed by atoms with Gasteiger partial charge < -0.3 is 9.64 Å². The van der Waals surface area contributed by atoms with E-state index in [0.29, 0.717) is 6.61 Å². The van der Waals surface area contributed by atoms with Crippen molar-refractivity contribution in [3.63, 3.8) is 0 Å². The number of likely N-dealkylation sites (N-methyl/N-ethyl adjacent to an activating group) is 1. The lowest BCUT2D eigenvalue weighted by atomic mass is 10.3. The van der Waals surface area contributed by atoms with Gasteiger partial charge in [-0.3, -0.25) is 0 Å². The summed E-state index contributed by atoms with van der Waals surface area (Å²) in [5, 5.41) is 0.251. The summed E-state index contributed by atoms with van der Waals surface area (Å²) in [7, 11) is 1.69. The fourth-order valence-electron chi connectivity index (χ4n) is 1.54. The molecule has 0 saturated heterocycles. The molecule has 1 rings (SSSR count). The normalized spacial score (nSPS) is 12.6. The smallest absolute Gasteiger partial charge is 0.224 e. The van der Waals surface area contributed by atoms with Crippen molar-refractivity contribution in [2.75, 3.05) is 25.2 Å². The van der Waals surface area contributed by atoms with Crippen LogP contribution in [-0.4, -0.2) is 36.3 Å². The summed E-state index contributed by atoms with van der Waals surface area (Å²) in [5.41, 5.74) is 0.